The average molecular weight is 426 g/mol. The van der Waals surface area contributed by atoms with Crippen molar-refractivity contribution in [3.05, 3.63) is 66.0 Å². The van der Waals surface area contributed by atoms with Gasteiger partial charge in [-0.2, -0.15) is 0 Å². The third-order valence-corrected chi connectivity index (χ3v) is 5.33. The maximum atomic E-state index is 13.2. The number of likely N-dealkylation sites (N-methyl/N-ethyl adjacent to an activating group) is 1. The minimum Gasteiger partial charge on any atom is -0.352 e. The lowest BCUT2D eigenvalue weighted by Crippen LogP contribution is -2.46. The predicted octanol–water partition coefficient (Wildman–Crippen LogP) is 2.17. The van der Waals surface area contributed by atoms with E-state index < -0.39 is 11.9 Å². The number of carbonyl (C=O) groups excluding carboxylic acids is 3. The molecule has 0 aliphatic carbocycles. The van der Waals surface area contributed by atoms with Crippen LogP contribution in [-0.2, 0) is 14.4 Å². The van der Waals surface area contributed by atoms with Crippen LogP contribution >= 0.6 is 0 Å². The highest BCUT2D eigenvalue weighted by molar-refractivity contribution is 5.93. The number of rotatable bonds is 6. The van der Waals surface area contributed by atoms with Crippen LogP contribution in [0.15, 0.2) is 54.6 Å². The minimum atomic E-state index is -0.573. The monoisotopic (exact) mass is 426 g/mol. The lowest BCUT2D eigenvalue weighted by Gasteiger charge is -2.31. The molecule has 1 heterocycles. The highest BCUT2D eigenvalue weighted by atomic mass is 19.1. The molecule has 3 amide bonds. The van der Waals surface area contributed by atoms with Gasteiger partial charge in [0.1, 0.15) is 5.82 Å². The van der Waals surface area contributed by atoms with Crippen LogP contribution in [0.25, 0.3) is 0 Å². The van der Waals surface area contributed by atoms with Crippen LogP contribution in [0.1, 0.15) is 24.9 Å². The van der Waals surface area contributed by atoms with Gasteiger partial charge in [0.05, 0.1) is 24.7 Å². The first-order chi connectivity index (χ1) is 14.8. The van der Waals surface area contributed by atoms with E-state index >= 15 is 0 Å². The zero-order valence-electron chi connectivity index (χ0n) is 17.8. The highest BCUT2D eigenvalue weighted by Gasteiger charge is 2.46. The van der Waals surface area contributed by atoms with Gasteiger partial charge in [0.15, 0.2) is 0 Å². The number of nitrogens with one attached hydrogen (secondary N) is 2. The Labute approximate surface area is 181 Å². The van der Waals surface area contributed by atoms with E-state index in [-0.39, 0.29) is 36.3 Å². The largest absolute Gasteiger partial charge is 0.352 e. The number of hydrogen-bond donors (Lipinski definition) is 2. The number of halogens is 1. The first-order valence-corrected chi connectivity index (χ1v) is 10.1. The van der Waals surface area contributed by atoms with Gasteiger partial charge < -0.3 is 15.5 Å². The van der Waals surface area contributed by atoms with E-state index in [9.17, 15) is 18.8 Å². The Morgan fingerprint density at radius 1 is 1.06 bits per heavy atom. The van der Waals surface area contributed by atoms with Crippen molar-refractivity contribution in [1.82, 2.24) is 15.1 Å². The number of hydrogen-bond acceptors (Lipinski definition) is 4. The van der Waals surface area contributed by atoms with Crippen molar-refractivity contribution in [3.63, 3.8) is 0 Å². The van der Waals surface area contributed by atoms with Crippen molar-refractivity contribution in [2.45, 2.75) is 31.5 Å². The molecule has 3 rings (SSSR count). The molecule has 0 bridgehead atoms. The fourth-order valence-electron chi connectivity index (χ4n) is 4.05. The van der Waals surface area contributed by atoms with Crippen molar-refractivity contribution >= 4 is 23.4 Å². The van der Waals surface area contributed by atoms with Crippen LogP contribution < -0.4 is 10.6 Å². The number of benzene rings is 2. The highest BCUT2D eigenvalue weighted by Crippen LogP contribution is 2.37. The molecule has 0 radical (unpaired) electrons. The third-order valence-electron chi connectivity index (χ3n) is 5.33. The van der Waals surface area contributed by atoms with Crippen LogP contribution in [0, 0.1) is 5.82 Å². The molecule has 31 heavy (non-hydrogen) atoms. The van der Waals surface area contributed by atoms with E-state index in [0.29, 0.717) is 12.1 Å². The Kier molecular flexibility index (Phi) is 7.02. The van der Waals surface area contributed by atoms with Crippen LogP contribution in [0.3, 0.4) is 0 Å². The van der Waals surface area contributed by atoms with Crippen molar-refractivity contribution in [2.75, 3.05) is 26.0 Å². The number of amides is 3. The molecule has 8 heteroatoms. The van der Waals surface area contributed by atoms with E-state index in [2.05, 4.69) is 10.6 Å². The molecule has 2 aromatic carbocycles. The van der Waals surface area contributed by atoms with E-state index in [1.807, 2.05) is 35.2 Å². The zero-order chi connectivity index (χ0) is 22.5. The maximum absolute atomic E-state index is 13.2. The second-order valence-corrected chi connectivity index (χ2v) is 7.87. The molecule has 7 nitrogen and oxygen atoms in total. The van der Waals surface area contributed by atoms with Gasteiger partial charge in [-0.05, 0) is 36.2 Å². The molecule has 0 aromatic heterocycles. The summed E-state index contributed by atoms with van der Waals surface area (Å²) in [4.78, 5) is 41.0. The molecule has 1 saturated heterocycles. The second-order valence-electron chi connectivity index (χ2n) is 7.87. The average Bonchev–Trinajstić information content (AvgIpc) is 3.06. The molecule has 3 atom stereocenters. The van der Waals surface area contributed by atoms with Gasteiger partial charge in [-0.1, -0.05) is 30.3 Å². The molecular weight excluding hydrogens is 399 g/mol. The summed E-state index contributed by atoms with van der Waals surface area (Å²) in [5.74, 6) is -1.05. The van der Waals surface area contributed by atoms with Gasteiger partial charge in [-0.3, -0.25) is 19.3 Å². The number of likely N-dealkylation sites (tertiary alicyclic amines) is 1. The topological polar surface area (TPSA) is 81.8 Å². The second kappa shape index (κ2) is 9.70. The lowest BCUT2D eigenvalue weighted by atomic mass is 9.99. The zero-order valence-corrected chi connectivity index (χ0v) is 17.8. The number of anilines is 1. The molecule has 0 spiro atoms. The van der Waals surface area contributed by atoms with Gasteiger partial charge in [0, 0.05) is 26.7 Å². The Hall–Kier alpha value is -3.26. The summed E-state index contributed by atoms with van der Waals surface area (Å²) in [6.07, 6.45) is 0.389. The summed E-state index contributed by atoms with van der Waals surface area (Å²) in [5, 5.41) is 5.70. The third kappa shape index (κ3) is 5.46. The normalized spacial score (nSPS) is 20.8. The fraction of sp³-hybridized carbons (Fsp3) is 0.348. The van der Waals surface area contributed by atoms with Gasteiger partial charge in [-0.15, -0.1) is 0 Å². The molecule has 1 aliphatic rings. The maximum Gasteiger partial charge on any atom is 0.239 e. The van der Waals surface area contributed by atoms with E-state index in [4.69, 9.17) is 0 Å². The van der Waals surface area contributed by atoms with Crippen molar-refractivity contribution in [2.24, 2.45) is 0 Å². The molecular formula is C23H27FN4O3. The van der Waals surface area contributed by atoms with Crippen LogP contribution in [0.4, 0.5) is 10.1 Å². The Morgan fingerprint density at radius 3 is 2.29 bits per heavy atom. The Balaban J connectivity index is 1.90. The summed E-state index contributed by atoms with van der Waals surface area (Å²) in [6, 6.07) is 13.8. The summed E-state index contributed by atoms with van der Waals surface area (Å²) in [7, 11) is 3.34. The molecule has 0 saturated carbocycles. The smallest absolute Gasteiger partial charge is 0.239 e. The van der Waals surface area contributed by atoms with Crippen LogP contribution in [0.2, 0.25) is 0 Å². The SMILES string of the molecule is CC(=O)N[C@H]1C[C@@H](C(=O)N(C)C)N(CC(=O)Nc2ccc(F)cc2)[C@H]1c1ccccc1. The van der Waals surface area contributed by atoms with Crippen molar-refractivity contribution < 1.29 is 18.8 Å². The molecule has 164 valence electrons. The summed E-state index contributed by atoms with van der Waals surface area (Å²) >= 11 is 0. The van der Waals surface area contributed by atoms with Crippen LogP contribution in [0.5, 0.6) is 0 Å². The fourth-order valence-corrected chi connectivity index (χ4v) is 4.05. The summed E-state index contributed by atoms with van der Waals surface area (Å²) in [5.41, 5.74) is 1.38. The Morgan fingerprint density at radius 2 is 1.71 bits per heavy atom. The molecule has 0 unspecified atom stereocenters. The van der Waals surface area contributed by atoms with E-state index in [1.165, 1.54) is 36.1 Å². The molecule has 2 aromatic rings. The molecule has 1 fully saturated rings. The molecule has 2 N–H and O–H groups in total. The number of carbonyl (C=O) groups is 3. The standard InChI is InChI=1S/C23H27FN4O3/c1-15(29)25-19-13-20(23(31)27(2)3)28(22(19)16-7-5-4-6-8-16)14-21(30)26-18-11-9-17(24)10-12-18/h4-12,19-20,22H,13-14H2,1-3H3,(H,25,29)(H,26,30)/t19-,20-,22-/m0/s1. The number of nitrogens with zero attached hydrogens (tertiary/aromatic N) is 2. The van der Waals surface area contributed by atoms with Crippen molar-refractivity contribution in [1.29, 1.82) is 0 Å². The first-order valence-electron chi connectivity index (χ1n) is 10.1. The van der Waals surface area contributed by atoms with E-state index in [0.717, 1.165) is 5.56 Å². The van der Waals surface area contributed by atoms with Crippen LogP contribution in [-0.4, -0.2) is 60.2 Å². The van der Waals surface area contributed by atoms with Gasteiger partial charge >= 0.3 is 0 Å². The van der Waals surface area contributed by atoms with Gasteiger partial charge in [-0.25, -0.2) is 4.39 Å². The quantitative estimate of drug-likeness (QED) is 0.742. The predicted molar refractivity (Wildman–Crippen MR) is 116 cm³/mol. The Bertz CT molecular complexity index is 934. The first kappa shape index (κ1) is 22.4. The van der Waals surface area contributed by atoms with Crippen molar-refractivity contribution in [3.8, 4) is 0 Å². The summed E-state index contributed by atoms with van der Waals surface area (Å²) in [6.45, 7) is 1.38. The molecule has 1 aliphatic heterocycles. The van der Waals surface area contributed by atoms with Gasteiger partial charge in [0.2, 0.25) is 17.7 Å². The lowest BCUT2D eigenvalue weighted by molar-refractivity contribution is -0.134. The van der Waals surface area contributed by atoms with Gasteiger partial charge in [0.25, 0.3) is 0 Å². The summed E-state index contributed by atoms with van der Waals surface area (Å²) < 4.78 is 13.2. The van der Waals surface area contributed by atoms with E-state index in [1.54, 1.807) is 14.1 Å². The minimum absolute atomic E-state index is 0.0583.